The molecule has 0 bridgehead atoms. The maximum atomic E-state index is 12.1. The Morgan fingerprint density at radius 3 is 2.54 bits per heavy atom. The van der Waals surface area contributed by atoms with Crippen LogP contribution in [0.15, 0.2) is 53.6 Å². The van der Waals surface area contributed by atoms with Gasteiger partial charge in [-0.05, 0) is 61.7 Å². The molecule has 3 nitrogen and oxygen atoms in total. The smallest absolute Gasteiger partial charge is 0.234 e. The minimum atomic E-state index is -0.0204. The molecule has 1 heterocycles. The summed E-state index contributed by atoms with van der Waals surface area (Å²) in [6.07, 6.45) is 0. The lowest BCUT2D eigenvalue weighted by atomic mass is 10.1. The molecule has 1 aromatic heterocycles. The fourth-order valence-corrected chi connectivity index (χ4v) is 3.50. The Hall–Kier alpha value is -2.33. The second-order valence-electron chi connectivity index (χ2n) is 5.96. The van der Waals surface area contributed by atoms with Crippen molar-refractivity contribution in [2.24, 2.45) is 0 Å². The lowest BCUT2D eigenvalue weighted by Crippen LogP contribution is -2.14. The number of nitrogens with one attached hydrogen (secondary N) is 1. The molecule has 24 heavy (non-hydrogen) atoms. The molecule has 0 saturated heterocycles. The van der Waals surface area contributed by atoms with Crippen LogP contribution in [0.4, 0.5) is 5.69 Å². The van der Waals surface area contributed by atoms with Crippen LogP contribution in [-0.2, 0) is 4.79 Å². The summed E-state index contributed by atoms with van der Waals surface area (Å²) in [5.74, 6) is 0.326. The van der Waals surface area contributed by atoms with E-state index in [1.807, 2.05) is 37.3 Å². The van der Waals surface area contributed by atoms with Crippen LogP contribution in [-0.4, -0.2) is 16.6 Å². The second-order valence-corrected chi connectivity index (χ2v) is 6.93. The molecule has 1 amide bonds. The van der Waals surface area contributed by atoms with Crippen molar-refractivity contribution in [3.05, 3.63) is 65.2 Å². The predicted octanol–water partition coefficient (Wildman–Crippen LogP) is 4.89. The maximum absolute atomic E-state index is 12.1. The number of anilines is 1. The van der Waals surface area contributed by atoms with Crippen LogP contribution < -0.4 is 5.32 Å². The fourth-order valence-electron chi connectivity index (χ4n) is 2.71. The van der Waals surface area contributed by atoms with E-state index in [9.17, 15) is 4.79 Å². The van der Waals surface area contributed by atoms with E-state index in [0.717, 1.165) is 21.8 Å². The number of thioether (sulfide) groups is 1. The van der Waals surface area contributed by atoms with Gasteiger partial charge in [0.25, 0.3) is 0 Å². The second kappa shape index (κ2) is 7.05. The van der Waals surface area contributed by atoms with Crippen LogP contribution >= 0.6 is 11.8 Å². The zero-order valence-corrected chi connectivity index (χ0v) is 14.9. The van der Waals surface area contributed by atoms with Crippen molar-refractivity contribution < 1.29 is 4.79 Å². The molecule has 0 saturated carbocycles. The Labute approximate surface area is 146 Å². The van der Waals surface area contributed by atoms with Gasteiger partial charge in [-0.2, -0.15) is 0 Å². The maximum Gasteiger partial charge on any atom is 0.234 e. The number of rotatable bonds is 4. The predicted molar refractivity (Wildman–Crippen MR) is 102 cm³/mol. The summed E-state index contributed by atoms with van der Waals surface area (Å²) in [4.78, 5) is 16.9. The summed E-state index contributed by atoms with van der Waals surface area (Å²) in [5, 5.41) is 4.99. The third-order valence-corrected chi connectivity index (χ3v) is 4.92. The summed E-state index contributed by atoms with van der Waals surface area (Å²) >= 11 is 1.48. The minimum absolute atomic E-state index is 0.0204. The van der Waals surface area contributed by atoms with Crippen LogP contribution in [0, 0.1) is 20.8 Å². The van der Waals surface area contributed by atoms with E-state index >= 15 is 0 Å². The van der Waals surface area contributed by atoms with Crippen molar-refractivity contribution in [3.63, 3.8) is 0 Å². The van der Waals surface area contributed by atoms with Crippen LogP contribution in [0.1, 0.15) is 16.7 Å². The highest BCUT2D eigenvalue weighted by Crippen LogP contribution is 2.27. The molecule has 0 aliphatic carbocycles. The van der Waals surface area contributed by atoms with Crippen molar-refractivity contribution in [3.8, 4) is 0 Å². The summed E-state index contributed by atoms with van der Waals surface area (Å²) in [6, 6.07) is 15.9. The van der Waals surface area contributed by atoms with Gasteiger partial charge in [0.15, 0.2) is 0 Å². The zero-order chi connectivity index (χ0) is 17.1. The van der Waals surface area contributed by atoms with Gasteiger partial charge in [-0.1, -0.05) is 36.0 Å². The van der Waals surface area contributed by atoms with E-state index in [1.165, 1.54) is 28.3 Å². The molecule has 0 radical (unpaired) electrons. The van der Waals surface area contributed by atoms with E-state index in [0.29, 0.717) is 5.75 Å². The summed E-state index contributed by atoms with van der Waals surface area (Å²) in [7, 11) is 0. The van der Waals surface area contributed by atoms with Gasteiger partial charge in [0.2, 0.25) is 5.91 Å². The number of benzene rings is 2. The number of fused-ring (bicyclic) bond motifs is 1. The average Bonchev–Trinajstić information content (AvgIpc) is 2.55. The van der Waals surface area contributed by atoms with Crippen molar-refractivity contribution >= 4 is 34.3 Å². The highest BCUT2D eigenvalue weighted by molar-refractivity contribution is 8.00. The molecule has 0 fully saturated rings. The summed E-state index contributed by atoms with van der Waals surface area (Å²) in [6.45, 7) is 6.23. The quantitative estimate of drug-likeness (QED) is 0.690. The van der Waals surface area contributed by atoms with Crippen LogP contribution in [0.5, 0.6) is 0 Å². The van der Waals surface area contributed by atoms with Gasteiger partial charge in [0.1, 0.15) is 5.03 Å². The van der Waals surface area contributed by atoms with Gasteiger partial charge in [-0.3, -0.25) is 4.79 Å². The van der Waals surface area contributed by atoms with Gasteiger partial charge >= 0.3 is 0 Å². The summed E-state index contributed by atoms with van der Waals surface area (Å²) in [5.41, 5.74) is 5.35. The lowest BCUT2D eigenvalue weighted by molar-refractivity contribution is -0.113. The van der Waals surface area contributed by atoms with Gasteiger partial charge in [0, 0.05) is 11.1 Å². The number of para-hydroxylation sites is 1. The standard InChI is InChI=1S/C20H20N2OS/c1-13-9-14(2)17-11-15(3)20(22-18(17)10-13)24-12-19(23)21-16-7-5-4-6-8-16/h4-11H,12H2,1-3H3,(H,21,23). The highest BCUT2D eigenvalue weighted by Gasteiger charge is 2.09. The molecular formula is C20H20N2OS. The average molecular weight is 336 g/mol. The van der Waals surface area contributed by atoms with E-state index in [4.69, 9.17) is 4.98 Å². The molecular weight excluding hydrogens is 316 g/mol. The molecule has 0 unspecified atom stereocenters. The molecule has 4 heteroatoms. The topological polar surface area (TPSA) is 42.0 Å². The van der Waals surface area contributed by atoms with Gasteiger partial charge in [-0.15, -0.1) is 0 Å². The molecule has 122 valence electrons. The van der Waals surface area contributed by atoms with Crippen LogP contribution in [0.3, 0.4) is 0 Å². The van der Waals surface area contributed by atoms with E-state index in [-0.39, 0.29) is 5.91 Å². The number of carbonyl (C=O) groups excluding carboxylic acids is 1. The third-order valence-electron chi connectivity index (χ3n) is 3.83. The Morgan fingerprint density at radius 2 is 1.79 bits per heavy atom. The molecule has 3 rings (SSSR count). The minimum Gasteiger partial charge on any atom is -0.325 e. The number of hydrogen-bond donors (Lipinski definition) is 1. The van der Waals surface area contributed by atoms with Gasteiger partial charge in [0.05, 0.1) is 11.3 Å². The van der Waals surface area contributed by atoms with E-state index in [2.05, 4.69) is 37.4 Å². The SMILES string of the molecule is Cc1cc(C)c2cc(C)c(SCC(=O)Nc3ccccc3)nc2c1. The van der Waals surface area contributed by atoms with Gasteiger partial charge < -0.3 is 5.32 Å². The normalized spacial score (nSPS) is 10.8. The number of nitrogens with zero attached hydrogens (tertiary/aromatic N) is 1. The van der Waals surface area contributed by atoms with E-state index in [1.54, 1.807) is 0 Å². The number of aromatic nitrogens is 1. The number of aryl methyl sites for hydroxylation is 3. The molecule has 2 aromatic carbocycles. The van der Waals surface area contributed by atoms with E-state index < -0.39 is 0 Å². The largest absolute Gasteiger partial charge is 0.325 e. The molecule has 0 atom stereocenters. The zero-order valence-electron chi connectivity index (χ0n) is 14.1. The number of hydrogen-bond acceptors (Lipinski definition) is 3. The summed E-state index contributed by atoms with van der Waals surface area (Å²) < 4.78 is 0. The molecule has 3 aromatic rings. The lowest BCUT2D eigenvalue weighted by Gasteiger charge is -2.10. The van der Waals surface area contributed by atoms with Crippen molar-refractivity contribution in [2.75, 3.05) is 11.1 Å². The monoisotopic (exact) mass is 336 g/mol. The fraction of sp³-hybridized carbons (Fsp3) is 0.200. The van der Waals surface area contributed by atoms with Crippen molar-refractivity contribution in [1.82, 2.24) is 4.98 Å². The molecule has 0 aliphatic heterocycles. The third kappa shape index (κ3) is 3.77. The molecule has 1 N–H and O–H groups in total. The number of amides is 1. The van der Waals surface area contributed by atoms with Crippen LogP contribution in [0.25, 0.3) is 10.9 Å². The Bertz CT molecular complexity index is 891. The number of carbonyl (C=O) groups is 1. The first kappa shape index (κ1) is 16.5. The first-order valence-electron chi connectivity index (χ1n) is 7.89. The first-order chi connectivity index (χ1) is 11.5. The van der Waals surface area contributed by atoms with Crippen molar-refractivity contribution in [1.29, 1.82) is 0 Å². The Kier molecular flexibility index (Phi) is 4.86. The molecule has 0 spiro atoms. The Balaban J connectivity index is 1.75. The van der Waals surface area contributed by atoms with Crippen molar-refractivity contribution in [2.45, 2.75) is 25.8 Å². The van der Waals surface area contributed by atoms with Gasteiger partial charge in [-0.25, -0.2) is 4.98 Å². The molecule has 0 aliphatic rings. The highest BCUT2D eigenvalue weighted by atomic mass is 32.2. The van der Waals surface area contributed by atoms with Crippen LogP contribution in [0.2, 0.25) is 0 Å². The number of pyridine rings is 1. The Morgan fingerprint density at radius 1 is 1.04 bits per heavy atom. The first-order valence-corrected chi connectivity index (χ1v) is 8.88.